The van der Waals surface area contributed by atoms with E-state index in [9.17, 15) is 13.2 Å². The van der Waals surface area contributed by atoms with E-state index in [0.717, 1.165) is 29.8 Å². The van der Waals surface area contributed by atoms with Gasteiger partial charge in [-0.3, -0.25) is 4.79 Å². The molecule has 2 N–H and O–H groups in total. The largest absolute Gasteiger partial charge is 0.334 e. The Kier molecular flexibility index (Phi) is 5.21. The van der Waals surface area contributed by atoms with Crippen molar-refractivity contribution >= 4 is 15.9 Å². The Hall–Kier alpha value is -2.97. The molecule has 1 amide bonds. The maximum Gasteiger partial charge on any atom is 0.272 e. The number of hydrogen-bond donors (Lipinski definition) is 1. The molecule has 0 saturated heterocycles. The van der Waals surface area contributed by atoms with Gasteiger partial charge in [-0.25, -0.2) is 18.2 Å². The van der Waals surface area contributed by atoms with Crippen molar-refractivity contribution in [1.82, 2.24) is 14.7 Å². The molecule has 30 heavy (non-hydrogen) atoms. The number of primary sulfonamides is 1. The Morgan fingerprint density at radius 1 is 1.13 bits per heavy atom. The van der Waals surface area contributed by atoms with Gasteiger partial charge < -0.3 is 4.90 Å². The number of carbonyl (C=O) groups excluding carboxylic acids is 1. The van der Waals surface area contributed by atoms with Gasteiger partial charge in [0, 0.05) is 13.0 Å². The fraction of sp³-hybridized carbons (Fsp3) is 0.273. The van der Waals surface area contributed by atoms with E-state index in [-0.39, 0.29) is 16.8 Å². The van der Waals surface area contributed by atoms with Crippen LogP contribution in [-0.4, -0.2) is 36.1 Å². The maximum absolute atomic E-state index is 13.4. The summed E-state index contributed by atoms with van der Waals surface area (Å²) in [5.41, 5.74) is 3.11. The van der Waals surface area contributed by atoms with Gasteiger partial charge in [0.15, 0.2) is 0 Å². The van der Waals surface area contributed by atoms with Crippen molar-refractivity contribution in [2.24, 2.45) is 5.14 Å². The Labute approximate surface area is 176 Å². The summed E-state index contributed by atoms with van der Waals surface area (Å²) in [7, 11) is -2.02. The highest BCUT2D eigenvalue weighted by Crippen LogP contribution is 2.40. The Balaban J connectivity index is 1.64. The number of carbonyl (C=O) groups is 1. The van der Waals surface area contributed by atoms with Crippen molar-refractivity contribution in [3.63, 3.8) is 0 Å². The first-order valence-electron chi connectivity index (χ1n) is 9.81. The number of para-hydroxylation sites is 1. The second-order valence-electron chi connectivity index (χ2n) is 7.68. The number of benzene rings is 2. The molecule has 7 nitrogen and oxygen atoms in total. The summed E-state index contributed by atoms with van der Waals surface area (Å²) >= 11 is 0. The molecule has 2 aromatic carbocycles. The first-order valence-corrected chi connectivity index (χ1v) is 11.4. The van der Waals surface area contributed by atoms with Crippen molar-refractivity contribution in [3.8, 4) is 5.69 Å². The first kappa shape index (κ1) is 20.3. The maximum atomic E-state index is 13.4. The quantitative estimate of drug-likeness (QED) is 0.657. The summed E-state index contributed by atoms with van der Waals surface area (Å²) in [5, 5.41) is 9.87. The van der Waals surface area contributed by atoms with Crippen molar-refractivity contribution in [2.45, 2.75) is 36.6 Å². The standard InChI is InChI=1S/C22H24N4O3S/c1-15(16-10-12-19(13-11-16)30(23,28)29)25(2)22(27)21-14-20(17-8-9-17)24-26(21)18-6-4-3-5-7-18/h3-7,10-15,17H,8-9H2,1-2H3,(H2,23,28,29). The molecule has 1 unspecified atom stereocenters. The molecule has 1 aromatic heterocycles. The van der Waals surface area contributed by atoms with E-state index in [0.29, 0.717) is 11.6 Å². The van der Waals surface area contributed by atoms with Crippen LogP contribution in [0.5, 0.6) is 0 Å². The molecule has 156 valence electrons. The van der Waals surface area contributed by atoms with Gasteiger partial charge in [-0.2, -0.15) is 5.10 Å². The molecule has 1 saturated carbocycles. The predicted octanol–water partition coefficient (Wildman–Crippen LogP) is 3.23. The van der Waals surface area contributed by atoms with Gasteiger partial charge in [-0.15, -0.1) is 0 Å². The molecule has 3 aromatic rings. The van der Waals surface area contributed by atoms with Gasteiger partial charge in [0.05, 0.1) is 22.3 Å². The average molecular weight is 425 g/mol. The SMILES string of the molecule is CC(c1ccc(S(N)(=O)=O)cc1)N(C)C(=O)c1cc(C2CC2)nn1-c1ccccc1. The summed E-state index contributed by atoms with van der Waals surface area (Å²) in [6, 6.07) is 17.5. The molecular formula is C22H24N4O3S. The zero-order valence-corrected chi connectivity index (χ0v) is 17.7. The van der Waals surface area contributed by atoms with Crippen LogP contribution < -0.4 is 5.14 Å². The summed E-state index contributed by atoms with van der Waals surface area (Å²) < 4.78 is 24.7. The smallest absolute Gasteiger partial charge is 0.272 e. The molecule has 1 fully saturated rings. The third-order valence-electron chi connectivity index (χ3n) is 5.54. The van der Waals surface area contributed by atoms with Gasteiger partial charge in [0.2, 0.25) is 10.0 Å². The fourth-order valence-corrected chi connectivity index (χ4v) is 3.93. The highest BCUT2D eigenvalue weighted by atomic mass is 32.2. The van der Waals surface area contributed by atoms with Gasteiger partial charge >= 0.3 is 0 Å². The van der Waals surface area contributed by atoms with Crippen LogP contribution in [0.25, 0.3) is 5.69 Å². The van der Waals surface area contributed by atoms with E-state index < -0.39 is 10.0 Å². The Bertz CT molecular complexity index is 1170. The lowest BCUT2D eigenvalue weighted by Crippen LogP contribution is -2.31. The van der Waals surface area contributed by atoms with Crippen LogP contribution in [0, 0.1) is 0 Å². The van der Waals surface area contributed by atoms with Crippen LogP contribution >= 0.6 is 0 Å². The van der Waals surface area contributed by atoms with E-state index in [1.165, 1.54) is 12.1 Å². The highest BCUT2D eigenvalue weighted by molar-refractivity contribution is 7.89. The molecule has 0 aliphatic heterocycles. The molecule has 4 rings (SSSR count). The number of aromatic nitrogens is 2. The molecule has 1 aliphatic rings. The Morgan fingerprint density at radius 2 is 1.77 bits per heavy atom. The number of nitrogens with two attached hydrogens (primary N) is 1. The van der Waals surface area contributed by atoms with Crippen LogP contribution in [-0.2, 0) is 10.0 Å². The minimum Gasteiger partial charge on any atom is -0.334 e. The van der Waals surface area contributed by atoms with Gasteiger partial charge in [-0.1, -0.05) is 30.3 Å². The van der Waals surface area contributed by atoms with E-state index >= 15 is 0 Å². The van der Waals surface area contributed by atoms with E-state index in [1.54, 1.807) is 28.8 Å². The summed E-state index contributed by atoms with van der Waals surface area (Å²) in [6.07, 6.45) is 2.20. The molecule has 0 radical (unpaired) electrons. The molecule has 1 heterocycles. The van der Waals surface area contributed by atoms with Gasteiger partial charge in [0.1, 0.15) is 5.69 Å². The number of nitrogens with zero attached hydrogens (tertiary/aromatic N) is 3. The molecule has 1 atom stereocenters. The van der Waals surface area contributed by atoms with E-state index in [2.05, 4.69) is 0 Å². The normalized spacial score (nSPS) is 15.0. The predicted molar refractivity (Wildman–Crippen MR) is 114 cm³/mol. The van der Waals surface area contributed by atoms with E-state index in [1.807, 2.05) is 43.3 Å². The zero-order chi connectivity index (χ0) is 21.5. The molecule has 0 bridgehead atoms. The van der Waals surface area contributed by atoms with Crippen LogP contribution in [0.15, 0.2) is 65.6 Å². The lowest BCUT2D eigenvalue weighted by molar-refractivity contribution is 0.0733. The van der Waals surface area contributed by atoms with Crippen LogP contribution in [0.3, 0.4) is 0 Å². The third-order valence-corrected chi connectivity index (χ3v) is 6.47. The fourth-order valence-electron chi connectivity index (χ4n) is 3.41. The minimum absolute atomic E-state index is 0.0451. The molecule has 0 spiro atoms. The van der Waals surface area contributed by atoms with E-state index in [4.69, 9.17) is 10.2 Å². The number of sulfonamides is 1. The average Bonchev–Trinajstić information content (AvgIpc) is 3.50. The van der Waals surface area contributed by atoms with Crippen LogP contribution in [0.2, 0.25) is 0 Å². The lowest BCUT2D eigenvalue weighted by atomic mass is 10.1. The minimum atomic E-state index is -3.75. The topological polar surface area (TPSA) is 98.3 Å². The summed E-state index contributed by atoms with van der Waals surface area (Å²) in [5.74, 6) is 0.274. The van der Waals surface area contributed by atoms with Crippen molar-refractivity contribution in [3.05, 3.63) is 77.6 Å². The molecule has 8 heteroatoms. The number of rotatable bonds is 6. The monoisotopic (exact) mass is 424 g/mol. The summed E-state index contributed by atoms with van der Waals surface area (Å²) in [4.78, 5) is 15.1. The van der Waals surface area contributed by atoms with Crippen LogP contribution in [0.4, 0.5) is 0 Å². The zero-order valence-electron chi connectivity index (χ0n) is 16.9. The molecular weight excluding hydrogens is 400 g/mol. The Morgan fingerprint density at radius 3 is 2.33 bits per heavy atom. The highest BCUT2D eigenvalue weighted by Gasteiger charge is 2.30. The van der Waals surface area contributed by atoms with Gasteiger partial charge in [-0.05, 0) is 55.7 Å². The van der Waals surface area contributed by atoms with Crippen molar-refractivity contribution in [2.75, 3.05) is 7.05 Å². The van der Waals surface area contributed by atoms with Crippen molar-refractivity contribution < 1.29 is 13.2 Å². The third kappa shape index (κ3) is 4.01. The lowest BCUT2D eigenvalue weighted by Gasteiger charge is -2.25. The van der Waals surface area contributed by atoms with Crippen LogP contribution in [0.1, 0.15) is 53.5 Å². The number of amides is 1. The summed E-state index contributed by atoms with van der Waals surface area (Å²) in [6.45, 7) is 1.90. The second kappa shape index (κ2) is 7.70. The first-order chi connectivity index (χ1) is 14.3. The molecule has 1 aliphatic carbocycles. The number of hydrogen-bond acceptors (Lipinski definition) is 4. The van der Waals surface area contributed by atoms with Crippen molar-refractivity contribution in [1.29, 1.82) is 0 Å². The second-order valence-corrected chi connectivity index (χ2v) is 9.24. The van der Waals surface area contributed by atoms with Gasteiger partial charge in [0.25, 0.3) is 5.91 Å².